The molecule has 2 aromatic heterocycles. The van der Waals surface area contributed by atoms with Gasteiger partial charge in [-0.25, -0.2) is 0 Å². The zero-order valence-corrected chi connectivity index (χ0v) is 21.9. The fourth-order valence-corrected chi connectivity index (χ4v) is 7.71. The number of unbranched alkanes of at least 4 members (excludes halogenated alkanes) is 5. The molecular weight excluding hydrogens is 462 g/mol. The van der Waals surface area contributed by atoms with Crippen molar-refractivity contribution in [2.45, 2.75) is 45.4 Å². The summed E-state index contributed by atoms with van der Waals surface area (Å²) in [5.41, 5.74) is 3.81. The van der Waals surface area contributed by atoms with E-state index in [9.17, 15) is 0 Å². The lowest BCUT2D eigenvalue weighted by atomic mass is 10.0. The van der Waals surface area contributed by atoms with E-state index in [1.807, 2.05) is 22.7 Å². The molecule has 0 spiro atoms. The maximum Gasteiger partial charge on any atom is 0.0542 e. The second-order valence-electron chi connectivity index (χ2n) is 9.54. The van der Waals surface area contributed by atoms with Crippen LogP contribution in [0.4, 0.5) is 5.69 Å². The maximum absolute atomic E-state index is 3.66. The van der Waals surface area contributed by atoms with Crippen molar-refractivity contribution < 1.29 is 0 Å². The van der Waals surface area contributed by atoms with Gasteiger partial charge in [-0.1, -0.05) is 81.5 Å². The fraction of sp³-hybridized carbons (Fsp3) is 0.250. The summed E-state index contributed by atoms with van der Waals surface area (Å²) in [5.74, 6) is 0. The summed E-state index contributed by atoms with van der Waals surface area (Å²) < 4.78 is 5.62. The molecule has 0 fully saturated rings. The van der Waals surface area contributed by atoms with Crippen molar-refractivity contribution >= 4 is 68.7 Å². The zero-order valence-electron chi connectivity index (χ0n) is 20.3. The lowest BCUT2D eigenvalue weighted by Crippen LogP contribution is -2.01. The van der Waals surface area contributed by atoms with E-state index >= 15 is 0 Å². The highest BCUT2D eigenvalue weighted by Gasteiger charge is 2.14. The Morgan fingerprint density at radius 1 is 0.600 bits per heavy atom. The van der Waals surface area contributed by atoms with Crippen LogP contribution in [-0.4, -0.2) is 6.54 Å². The normalized spacial score (nSPS) is 11.8. The fourth-order valence-electron chi connectivity index (χ4n) is 5.06. The van der Waals surface area contributed by atoms with Gasteiger partial charge in [0.05, 0.1) is 9.40 Å². The van der Waals surface area contributed by atoms with Crippen LogP contribution in [0.15, 0.2) is 78.9 Å². The molecule has 35 heavy (non-hydrogen) atoms. The highest BCUT2D eigenvalue weighted by Crippen LogP contribution is 2.46. The lowest BCUT2D eigenvalue weighted by Gasteiger charge is -2.08. The molecule has 6 rings (SSSR count). The minimum atomic E-state index is 1.06. The van der Waals surface area contributed by atoms with Gasteiger partial charge in [0.25, 0.3) is 0 Å². The van der Waals surface area contributed by atoms with E-state index in [1.54, 1.807) is 0 Å². The number of benzene rings is 4. The Kier molecular flexibility index (Phi) is 6.45. The first-order chi connectivity index (χ1) is 17.3. The third kappa shape index (κ3) is 4.55. The van der Waals surface area contributed by atoms with Crippen molar-refractivity contribution in [1.82, 2.24) is 0 Å². The van der Waals surface area contributed by atoms with Crippen molar-refractivity contribution in [3.63, 3.8) is 0 Å². The zero-order chi connectivity index (χ0) is 23.6. The van der Waals surface area contributed by atoms with Gasteiger partial charge in [-0.2, -0.15) is 0 Å². The molecule has 0 radical (unpaired) electrons. The van der Waals surface area contributed by atoms with Crippen LogP contribution in [-0.2, 0) is 0 Å². The smallest absolute Gasteiger partial charge is 0.0542 e. The van der Waals surface area contributed by atoms with Crippen LogP contribution in [0.5, 0.6) is 0 Å². The monoisotopic (exact) mass is 493 g/mol. The van der Waals surface area contributed by atoms with Gasteiger partial charge in [-0.3, -0.25) is 0 Å². The second kappa shape index (κ2) is 10.0. The molecule has 0 aliphatic rings. The molecule has 0 bridgehead atoms. The third-order valence-corrected chi connectivity index (χ3v) is 9.52. The largest absolute Gasteiger partial charge is 0.385 e. The molecule has 1 N–H and O–H groups in total. The van der Waals surface area contributed by atoms with Gasteiger partial charge >= 0.3 is 0 Å². The number of thiophene rings is 2. The summed E-state index contributed by atoms with van der Waals surface area (Å²) in [6.45, 7) is 3.33. The van der Waals surface area contributed by atoms with Gasteiger partial charge in [-0.15, -0.1) is 22.7 Å². The molecule has 3 heteroatoms. The molecule has 0 aliphatic carbocycles. The van der Waals surface area contributed by atoms with Crippen LogP contribution in [0, 0.1) is 0 Å². The van der Waals surface area contributed by atoms with Gasteiger partial charge in [0.1, 0.15) is 0 Å². The maximum atomic E-state index is 3.66. The average Bonchev–Trinajstić information content (AvgIpc) is 3.42. The van der Waals surface area contributed by atoms with Crippen molar-refractivity contribution in [3.8, 4) is 11.1 Å². The second-order valence-corrected chi connectivity index (χ2v) is 11.6. The Balaban J connectivity index is 1.30. The number of hydrogen-bond acceptors (Lipinski definition) is 3. The Morgan fingerprint density at radius 3 is 2.23 bits per heavy atom. The Bertz CT molecular complexity index is 1610. The summed E-state index contributed by atoms with van der Waals surface area (Å²) in [4.78, 5) is 0. The van der Waals surface area contributed by atoms with Gasteiger partial charge in [0.2, 0.25) is 0 Å². The molecule has 6 aromatic rings. The van der Waals surface area contributed by atoms with Crippen LogP contribution < -0.4 is 5.32 Å². The molecule has 0 saturated carbocycles. The van der Waals surface area contributed by atoms with Gasteiger partial charge in [0.15, 0.2) is 0 Å². The van der Waals surface area contributed by atoms with Crippen LogP contribution in [0.3, 0.4) is 0 Å². The van der Waals surface area contributed by atoms with E-state index in [1.165, 1.54) is 95.7 Å². The van der Waals surface area contributed by atoms with E-state index in [-0.39, 0.29) is 0 Å². The van der Waals surface area contributed by atoms with E-state index < -0.39 is 0 Å². The van der Waals surface area contributed by atoms with Crippen molar-refractivity contribution in [1.29, 1.82) is 0 Å². The minimum Gasteiger partial charge on any atom is -0.385 e. The van der Waals surface area contributed by atoms with Gasteiger partial charge < -0.3 is 5.32 Å². The quantitative estimate of drug-likeness (QED) is 0.197. The SMILES string of the molecule is CCCCCCCCNc1ccc2cc3sc4c5cc(-c6ccccc6)ccc5sc4c3cc2c1. The number of rotatable bonds is 9. The Hall–Kier alpha value is -2.88. The van der Waals surface area contributed by atoms with Crippen LogP contribution in [0.2, 0.25) is 0 Å². The van der Waals surface area contributed by atoms with Crippen molar-refractivity contribution in [2.24, 2.45) is 0 Å². The number of anilines is 1. The van der Waals surface area contributed by atoms with E-state index in [2.05, 4.69) is 91.1 Å². The van der Waals surface area contributed by atoms with Crippen LogP contribution >= 0.6 is 22.7 Å². The molecule has 176 valence electrons. The molecule has 0 unspecified atom stereocenters. The number of nitrogens with one attached hydrogen (secondary N) is 1. The van der Waals surface area contributed by atoms with Crippen LogP contribution in [0.1, 0.15) is 45.4 Å². The number of hydrogen-bond donors (Lipinski definition) is 1. The molecule has 0 saturated heterocycles. The van der Waals surface area contributed by atoms with E-state index in [4.69, 9.17) is 0 Å². The number of fused-ring (bicyclic) bond motifs is 6. The molecule has 4 aromatic carbocycles. The summed E-state index contributed by atoms with van der Waals surface area (Å²) >= 11 is 3.87. The Labute approximate surface area is 215 Å². The van der Waals surface area contributed by atoms with Gasteiger partial charge in [-0.05, 0) is 64.7 Å². The van der Waals surface area contributed by atoms with Crippen molar-refractivity contribution in [3.05, 3.63) is 78.9 Å². The van der Waals surface area contributed by atoms with E-state index in [0.717, 1.165) is 6.54 Å². The minimum absolute atomic E-state index is 1.06. The standard InChI is InChI=1S/C32H31NS2/c1-2-3-4-5-6-10-17-33-26-15-13-24-21-30-28(20-25(24)18-26)32-31(35-30)27-19-23(14-16-29(27)34-32)22-11-8-7-9-12-22/h7-9,11-16,18-21,33H,2-6,10,17H2,1H3. The van der Waals surface area contributed by atoms with Crippen molar-refractivity contribution in [2.75, 3.05) is 11.9 Å². The first-order valence-electron chi connectivity index (χ1n) is 12.9. The molecule has 1 nitrogen and oxygen atoms in total. The van der Waals surface area contributed by atoms with Crippen LogP contribution in [0.25, 0.3) is 51.5 Å². The highest BCUT2D eigenvalue weighted by atomic mass is 32.1. The van der Waals surface area contributed by atoms with E-state index in [0.29, 0.717) is 0 Å². The molecule has 2 heterocycles. The molecule has 0 aliphatic heterocycles. The summed E-state index contributed by atoms with van der Waals surface area (Å²) in [7, 11) is 0. The molecule has 0 amide bonds. The predicted molar refractivity (Wildman–Crippen MR) is 160 cm³/mol. The first kappa shape index (κ1) is 22.6. The summed E-state index contributed by atoms with van der Waals surface area (Å²) in [6.07, 6.45) is 8.00. The summed E-state index contributed by atoms with van der Waals surface area (Å²) in [6, 6.07) is 29.3. The van der Waals surface area contributed by atoms with Gasteiger partial charge in [0, 0.05) is 32.4 Å². The third-order valence-electron chi connectivity index (χ3n) is 7.00. The lowest BCUT2D eigenvalue weighted by molar-refractivity contribution is 0.617. The topological polar surface area (TPSA) is 12.0 Å². The average molecular weight is 494 g/mol. The Morgan fingerprint density at radius 2 is 1.37 bits per heavy atom. The predicted octanol–water partition coefficient (Wildman–Crippen LogP) is 10.9. The molecule has 0 atom stereocenters. The summed E-state index contributed by atoms with van der Waals surface area (Å²) in [5, 5.41) is 9.09. The molecular formula is C32H31NS2. The highest BCUT2D eigenvalue weighted by molar-refractivity contribution is 7.36. The first-order valence-corrected chi connectivity index (χ1v) is 14.6.